The normalized spacial score (nSPS) is 10.8. The molecule has 1 aromatic carbocycles. The van der Waals surface area contributed by atoms with Crippen molar-refractivity contribution in [2.75, 3.05) is 32.1 Å². The number of nitrogens with two attached hydrogens (primary N) is 1. The van der Waals surface area contributed by atoms with Gasteiger partial charge in [0.1, 0.15) is 11.6 Å². The Balaban J connectivity index is 2.19. The summed E-state index contributed by atoms with van der Waals surface area (Å²) in [6, 6.07) is 8.13. The second-order valence-electron chi connectivity index (χ2n) is 4.99. The fourth-order valence-corrected chi connectivity index (χ4v) is 2.34. The molecule has 0 spiro atoms. The SMILES string of the molecule is COc1ccc2ccnc(N(C)CCCCCN)c2c1. The summed E-state index contributed by atoms with van der Waals surface area (Å²) in [7, 11) is 3.78. The average molecular weight is 273 g/mol. The van der Waals surface area contributed by atoms with Crippen LogP contribution in [0.15, 0.2) is 30.5 Å². The Morgan fingerprint density at radius 1 is 1.20 bits per heavy atom. The molecule has 0 aliphatic rings. The van der Waals surface area contributed by atoms with E-state index in [0.29, 0.717) is 0 Å². The lowest BCUT2D eigenvalue weighted by Gasteiger charge is -2.20. The molecule has 0 aliphatic carbocycles. The smallest absolute Gasteiger partial charge is 0.136 e. The lowest BCUT2D eigenvalue weighted by atomic mass is 10.1. The molecule has 0 bridgehead atoms. The molecule has 0 atom stereocenters. The molecule has 1 heterocycles. The first-order chi connectivity index (χ1) is 9.76. The number of pyridine rings is 1. The van der Waals surface area contributed by atoms with Crippen molar-refractivity contribution in [3.63, 3.8) is 0 Å². The molecule has 0 unspecified atom stereocenters. The first-order valence-electron chi connectivity index (χ1n) is 7.10. The Hall–Kier alpha value is -1.81. The fourth-order valence-electron chi connectivity index (χ4n) is 2.34. The molecule has 108 valence electrons. The highest BCUT2D eigenvalue weighted by Gasteiger charge is 2.08. The highest BCUT2D eigenvalue weighted by atomic mass is 16.5. The van der Waals surface area contributed by atoms with Crippen molar-refractivity contribution in [2.24, 2.45) is 5.73 Å². The number of anilines is 1. The maximum Gasteiger partial charge on any atom is 0.136 e. The van der Waals surface area contributed by atoms with Crippen LogP contribution in [0.1, 0.15) is 19.3 Å². The Morgan fingerprint density at radius 3 is 2.80 bits per heavy atom. The third-order valence-corrected chi connectivity index (χ3v) is 3.51. The van der Waals surface area contributed by atoms with Gasteiger partial charge in [-0.2, -0.15) is 0 Å². The number of methoxy groups -OCH3 is 1. The second-order valence-corrected chi connectivity index (χ2v) is 4.99. The maximum absolute atomic E-state index is 5.52. The van der Waals surface area contributed by atoms with Gasteiger partial charge in [-0.1, -0.05) is 12.5 Å². The number of benzene rings is 1. The van der Waals surface area contributed by atoms with Crippen molar-refractivity contribution < 1.29 is 4.74 Å². The topological polar surface area (TPSA) is 51.4 Å². The molecule has 0 aliphatic heterocycles. The minimum Gasteiger partial charge on any atom is -0.497 e. The van der Waals surface area contributed by atoms with Crippen molar-refractivity contribution in [1.29, 1.82) is 0 Å². The van der Waals surface area contributed by atoms with Crippen LogP contribution >= 0.6 is 0 Å². The molecule has 4 heteroatoms. The van der Waals surface area contributed by atoms with Crippen molar-refractivity contribution in [1.82, 2.24) is 4.98 Å². The van der Waals surface area contributed by atoms with Crippen molar-refractivity contribution in [2.45, 2.75) is 19.3 Å². The van der Waals surface area contributed by atoms with E-state index in [1.807, 2.05) is 24.4 Å². The van der Waals surface area contributed by atoms with Gasteiger partial charge in [0.05, 0.1) is 7.11 Å². The van der Waals surface area contributed by atoms with E-state index >= 15 is 0 Å². The van der Waals surface area contributed by atoms with Crippen LogP contribution in [-0.4, -0.2) is 32.2 Å². The number of aromatic nitrogens is 1. The summed E-state index contributed by atoms with van der Waals surface area (Å²) in [5, 5.41) is 2.32. The van der Waals surface area contributed by atoms with Gasteiger partial charge in [-0.05, 0) is 43.0 Å². The zero-order chi connectivity index (χ0) is 14.4. The number of hydrogen-bond donors (Lipinski definition) is 1. The van der Waals surface area contributed by atoms with Gasteiger partial charge in [0.2, 0.25) is 0 Å². The van der Waals surface area contributed by atoms with E-state index < -0.39 is 0 Å². The number of nitrogens with zero attached hydrogens (tertiary/aromatic N) is 2. The summed E-state index contributed by atoms with van der Waals surface area (Å²) in [4.78, 5) is 6.73. The van der Waals surface area contributed by atoms with Gasteiger partial charge in [-0.15, -0.1) is 0 Å². The zero-order valence-electron chi connectivity index (χ0n) is 12.3. The zero-order valence-corrected chi connectivity index (χ0v) is 12.3. The largest absolute Gasteiger partial charge is 0.497 e. The summed E-state index contributed by atoms with van der Waals surface area (Å²) in [6.07, 6.45) is 5.25. The van der Waals surface area contributed by atoms with Crippen LogP contribution in [0, 0.1) is 0 Å². The lowest BCUT2D eigenvalue weighted by molar-refractivity contribution is 0.415. The molecule has 1 aromatic heterocycles. The van der Waals surface area contributed by atoms with E-state index in [4.69, 9.17) is 10.5 Å². The van der Waals surface area contributed by atoms with Crippen LogP contribution in [-0.2, 0) is 0 Å². The molecule has 2 rings (SSSR count). The Kier molecular flexibility index (Phi) is 5.18. The van der Waals surface area contributed by atoms with Gasteiger partial charge in [0.15, 0.2) is 0 Å². The van der Waals surface area contributed by atoms with E-state index in [9.17, 15) is 0 Å². The minimum atomic E-state index is 0.771. The minimum absolute atomic E-state index is 0.771. The van der Waals surface area contributed by atoms with Gasteiger partial charge in [-0.25, -0.2) is 4.98 Å². The van der Waals surface area contributed by atoms with Crippen LogP contribution < -0.4 is 15.4 Å². The first kappa shape index (κ1) is 14.6. The highest BCUT2D eigenvalue weighted by Crippen LogP contribution is 2.27. The monoisotopic (exact) mass is 273 g/mol. The Labute approximate surface area is 120 Å². The molecule has 0 saturated carbocycles. The van der Waals surface area contributed by atoms with Gasteiger partial charge >= 0.3 is 0 Å². The quantitative estimate of drug-likeness (QED) is 0.788. The predicted octanol–water partition coefficient (Wildman–Crippen LogP) is 2.81. The number of ether oxygens (including phenoxy) is 1. The third kappa shape index (κ3) is 3.39. The van der Waals surface area contributed by atoms with Crippen molar-refractivity contribution in [3.8, 4) is 5.75 Å². The summed E-state index contributed by atoms with van der Waals surface area (Å²) in [5.41, 5.74) is 5.52. The van der Waals surface area contributed by atoms with Crippen LogP contribution in [0.5, 0.6) is 5.75 Å². The van der Waals surface area contributed by atoms with E-state index in [0.717, 1.165) is 49.3 Å². The number of unbranched alkanes of at least 4 members (excludes halogenated alkanes) is 2. The van der Waals surface area contributed by atoms with Crippen molar-refractivity contribution >= 4 is 16.6 Å². The number of hydrogen-bond acceptors (Lipinski definition) is 4. The third-order valence-electron chi connectivity index (χ3n) is 3.51. The van der Waals surface area contributed by atoms with Gasteiger partial charge < -0.3 is 15.4 Å². The van der Waals surface area contributed by atoms with Gasteiger partial charge in [0.25, 0.3) is 0 Å². The first-order valence-corrected chi connectivity index (χ1v) is 7.10. The average Bonchev–Trinajstić information content (AvgIpc) is 2.50. The molecule has 0 saturated heterocycles. The standard InChI is InChI=1S/C16H23N3O/c1-19(11-5-3-4-9-17)16-15-12-14(20-2)7-6-13(15)8-10-18-16/h6-8,10,12H,3-5,9,11,17H2,1-2H3. The Morgan fingerprint density at radius 2 is 2.05 bits per heavy atom. The molecule has 2 aromatic rings. The van der Waals surface area contributed by atoms with E-state index in [2.05, 4.69) is 23.0 Å². The number of rotatable bonds is 7. The Bertz CT molecular complexity index is 556. The second kappa shape index (κ2) is 7.10. The summed E-state index contributed by atoms with van der Waals surface area (Å²) in [5.74, 6) is 1.87. The van der Waals surface area contributed by atoms with Gasteiger partial charge in [-0.3, -0.25) is 0 Å². The van der Waals surface area contributed by atoms with Crippen LogP contribution in [0.3, 0.4) is 0 Å². The van der Waals surface area contributed by atoms with Crippen LogP contribution in [0.25, 0.3) is 10.8 Å². The molecule has 4 nitrogen and oxygen atoms in total. The predicted molar refractivity (Wildman–Crippen MR) is 84.5 cm³/mol. The molecule has 20 heavy (non-hydrogen) atoms. The lowest BCUT2D eigenvalue weighted by Crippen LogP contribution is -2.20. The number of fused-ring (bicyclic) bond motifs is 1. The summed E-state index contributed by atoms with van der Waals surface area (Å²) >= 11 is 0. The van der Waals surface area contributed by atoms with E-state index in [-0.39, 0.29) is 0 Å². The van der Waals surface area contributed by atoms with Gasteiger partial charge in [0, 0.05) is 25.2 Å². The molecular formula is C16H23N3O. The molecule has 2 N–H and O–H groups in total. The fraction of sp³-hybridized carbons (Fsp3) is 0.438. The van der Waals surface area contributed by atoms with Crippen LogP contribution in [0.4, 0.5) is 5.82 Å². The molecular weight excluding hydrogens is 250 g/mol. The van der Waals surface area contributed by atoms with Crippen LogP contribution in [0.2, 0.25) is 0 Å². The van der Waals surface area contributed by atoms with Crippen molar-refractivity contribution in [3.05, 3.63) is 30.5 Å². The molecule has 0 fully saturated rings. The summed E-state index contributed by atoms with van der Waals surface area (Å²) in [6.45, 7) is 1.76. The highest BCUT2D eigenvalue weighted by molar-refractivity contribution is 5.93. The van der Waals surface area contributed by atoms with E-state index in [1.165, 1.54) is 5.39 Å². The maximum atomic E-state index is 5.52. The van der Waals surface area contributed by atoms with E-state index in [1.54, 1.807) is 7.11 Å². The summed E-state index contributed by atoms with van der Waals surface area (Å²) < 4.78 is 5.31. The molecule has 0 radical (unpaired) electrons. The molecule has 0 amide bonds.